The van der Waals surface area contributed by atoms with Crippen molar-refractivity contribution in [1.29, 1.82) is 0 Å². The van der Waals surface area contributed by atoms with Gasteiger partial charge >= 0.3 is 0 Å². The van der Waals surface area contributed by atoms with Gasteiger partial charge in [-0.05, 0) is 25.1 Å². The molecule has 0 aliphatic rings. The lowest BCUT2D eigenvalue weighted by molar-refractivity contribution is 0.0934. The number of ether oxygens (including phenoxy) is 2. The van der Waals surface area contributed by atoms with E-state index in [1.165, 1.54) is 0 Å². The number of methoxy groups -OCH3 is 2. The van der Waals surface area contributed by atoms with Crippen LogP contribution in [-0.4, -0.2) is 29.6 Å². The number of ketones is 1. The molecule has 0 N–H and O–H groups in total. The summed E-state index contributed by atoms with van der Waals surface area (Å²) in [6, 6.07) is 4.85. The number of hydrogen-bond acceptors (Lipinski definition) is 4. The largest absolute Gasteiger partial charge is 0.493 e. The molecule has 0 aliphatic carbocycles. The van der Waals surface area contributed by atoms with Crippen molar-refractivity contribution in [2.24, 2.45) is 0 Å². The van der Waals surface area contributed by atoms with Crippen LogP contribution < -0.4 is 9.47 Å². The van der Waals surface area contributed by atoms with Crippen LogP contribution in [0, 0.1) is 0 Å². The Hall–Kier alpha value is -2.30. The van der Waals surface area contributed by atoms with Crippen molar-refractivity contribution in [3.63, 3.8) is 0 Å². The summed E-state index contributed by atoms with van der Waals surface area (Å²) in [5.41, 5.74) is 0.582. The normalized spacial score (nSPS) is 11.9. The Labute approximate surface area is 111 Å². The van der Waals surface area contributed by atoms with E-state index in [9.17, 15) is 4.79 Å². The molecule has 100 valence electrons. The van der Waals surface area contributed by atoms with Crippen LogP contribution >= 0.6 is 0 Å². The van der Waals surface area contributed by atoms with E-state index in [4.69, 9.17) is 9.47 Å². The van der Waals surface area contributed by atoms with Crippen LogP contribution in [0.2, 0.25) is 0 Å². The molecular weight excluding hydrogens is 244 g/mol. The zero-order valence-corrected chi connectivity index (χ0v) is 11.2. The summed E-state index contributed by atoms with van der Waals surface area (Å²) in [5, 5.41) is 0. The highest BCUT2D eigenvalue weighted by atomic mass is 16.5. The summed E-state index contributed by atoms with van der Waals surface area (Å²) in [6.45, 7) is 1.83. The Bertz CT molecular complexity index is 564. The van der Waals surface area contributed by atoms with E-state index in [1.807, 2.05) is 6.92 Å². The number of Topliss-reactive ketones (excluding diaryl/α,β-unsaturated/α-hetero) is 1. The summed E-state index contributed by atoms with van der Waals surface area (Å²) in [4.78, 5) is 16.3. The highest BCUT2D eigenvalue weighted by Crippen LogP contribution is 2.29. The van der Waals surface area contributed by atoms with Gasteiger partial charge in [0.2, 0.25) is 0 Å². The topological polar surface area (TPSA) is 53.4 Å². The second kappa shape index (κ2) is 5.56. The third-order valence-electron chi connectivity index (χ3n) is 3.02. The van der Waals surface area contributed by atoms with Crippen molar-refractivity contribution in [2.45, 2.75) is 13.0 Å². The van der Waals surface area contributed by atoms with Gasteiger partial charge in [0.05, 0.1) is 26.6 Å². The molecule has 5 heteroatoms. The molecule has 19 heavy (non-hydrogen) atoms. The zero-order valence-electron chi connectivity index (χ0n) is 11.2. The first-order chi connectivity index (χ1) is 9.17. The molecule has 1 heterocycles. The molecule has 0 spiro atoms. The van der Waals surface area contributed by atoms with Crippen LogP contribution in [0.4, 0.5) is 0 Å². The van der Waals surface area contributed by atoms with Gasteiger partial charge in [0, 0.05) is 18.0 Å². The van der Waals surface area contributed by atoms with Crippen molar-refractivity contribution < 1.29 is 14.3 Å². The molecule has 1 aromatic heterocycles. The van der Waals surface area contributed by atoms with Gasteiger partial charge < -0.3 is 14.0 Å². The molecule has 1 aromatic carbocycles. The number of benzene rings is 1. The second-order valence-electron chi connectivity index (χ2n) is 4.12. The van der Waals surface area contributed by atoms with Gasteiger partial charge in [-0.25, -0.2) is 4.98 Å². The van der Waals surface area contributed by atoms with Gasteiger partial charge in [0.25, 0.3) is 0 Å². The first-order valence-corrected chi connectivity index (χ1v) is 5.91. The van der Waals surface area contributed by atoms with Gasteiger partial charge in [-0.1, -0.05) is 0 Å². The Morgan fingerprint density at radius 1 is 1.26 bits per heavy atom. The van der Waals surface area contributed by atoms with E-state index in [0.29, 0.717) is 17.1 Å². The van der Waals surface area contributed by atoms with Crippen LogP contribution in [0.15, 0.2) is 36.9 Å². The summed E-state index contributed by atoms with van der Waals surface area (Å²) >= 11 is 0. The third kappa shape index (κ3) is 2.59. The van der Waals surface area contributed by atoms with Gasteiger partial charge in [0.1, 0.15) is 0 Å². The molecule has 0 radical (unpaired) electrons. The predicted molar refractivity (Wildman–Crippen MR) is 70.8 cm³/mol. The van der Waals surface area contributed by atoms with Crippen molar-refractivity contribution in [1.82, 2.24) is 9.55 Å². The van der Waals surface area contributed by atoms with E-state index >= 15 is 0 Å². The second-order valence-corrected chi connectivity index (χ2v) is 4.12. The molecule has 0 bridgehead atoms. The lowest BCUT2D eigenvalue weighted by Gasteiger charge is -2.13. The zero-order chi connectivity index (χ0) is 13.8. The van der Waals surface area contributed by atoms with E-state index in [0.717, 1.165) is 0 Å². The summed E-state index contributed by atoms with van der Waals surface area (Å²) in [7, 11) is 3.11. The Kier molecular flexibility index (Phi) is 3.85. The molecule has 0 saturated heterocycles. The molecule has 0 amide bonds. The molecule has 5 nitrogen and oxygen atoms in total. The molecule has 2 aromatic rings. The summed E-state index contributed by atoms with van der Waals surface area (Å²) in [6.07, 6.45) is 5.05. The highest BCUT2D eigenvalue weighted by molar-refractivity contribution is 5.99. The van der Waals surface area contributed by atoms with Gasteiger partial charge in [0.15, 0.2) is 17.3 Å². The number of nitrogens with zero attached hydrogens (tertiary/aromatic N) is 2. The first-order valence-electron chi connectivity index (χ1n) is 5.91. The van der Waals surface area contributed by atoms with Crippen molar-refractivity contribution in [3.8, 4) is 11.5 Å². The average Bonchev–Trinajstić information content (AvgIpc) is 2.99. The lowest BCUT2D eigenvalue weighted by Crippen LogP contribution is -2.15. The standard InChI is InChI=1S/C14H16N2O3/c1-10(16-7-6-15-9-16)14(17)11-4-5-12(18-2)13(8-11)19-3/h4-10H,1-3H3. The van der Waals surface area contributed by atoms with Crippen molar-refractivity contribution in [2.75, 3.05) is 14.2 Å². The van der Waals surface area contributed by atoms with Crippen LogP contribution in [-0.2, 0) is 0 Å². The van der Waals surface area contributed by atoms with E-state index in [1.54, 1.807) is 55.7 Å². The maximum Gasteiger partial charge on any atom is 0.185 e. The maximum atomic E-state index is 12.4. The molecule has 0 fully saturated rings. The first kappa shape index (κ1) is 13.1. The fourth-order valence-corrected chi connectivity index (χ4v) is 1.86. The number of rotatable bonds is 5. The van der Waals surface area contributed by atoms with Crippen molar-refractivity contribution in [3.05, 3.63) is 42.5 Å². The van der Waals surface area contributed by atoms with Gasteiger partial charge in [-0.15, -0.1) is 0 Å². The molecule has 0 aliphatic heterocycles. The minimum absolute atomic E-state index is 0.000969. The van der Waals surface area contributed by atoms with E-state index < -0.39 is 0 Å². The minimum Gasteiger partial charge on any atom is -0.493 e. The quantitative estimate of drug-likeness (QED) is 0.774. The molecule has 1 unspecified atom stereocenters. The smallest absolute Gasteiger partial charge is 0.185 e. The number of carbonyl (C=O) groups excluding carboxylic acids is 1. The molecule has 2 rings (SSSR count). The van der Waals surface area contributed by atoms with Crippen molar-refractivity contribution >= 4 is 5.78 Å². The third-order valence-corrected chi connectivity index (χ3v) is 3.02. The summed E-state index contributed by atoms with van der Waals surface area (Å²) < 4.78 is 12.1. The van der Waals surface area contributed by atoms with Gasteiger partial charge in [-0.3, -0.25) is 4.79 Å². The van der Waals surface area contributed by atoms with Crippen LogP contribution in [0.3, 0.4) is 0 Å². The fraction of sp³-hybridized carbons (Fsp3) is 0.286. The SMILES string of the molecule is COc1ccc(C(=O)C(C)n2ccnc2)cc1OC. The Balaban J connectivity index is 2.29. The minimum atomic E-state index is -0.305. The number of imidazole rings is 1. The lowest BCUT2D eigenvalue weighted by atomic mass is 10.0. The van der Waals surface area contributed by atoms with Crippen LogP contribution in [0.5, 0.6) is 11.5 Å². The molecule has 1 atom stereocenters. The van der Waals surface area contributed by atoms with Gasteiger partial charge in [-0.2, -0.15) is 0 Å². The van der Waals surface area contributed by atoms with Crippen LogP contribution in [0.25, 0.3) is 0 Å². The van der Waals surface area contributed by atoms with E-state index in [-0.39, 0.29) is 11.8 Å². The Morgan fingerprint density at radius 2 is 2.00 bits per heavy atom. The van der Waals surface area contributed by atoms with E-state index in [2.05, 4.69) is 4.98 Å². The molecular formula is C14H16N2O3. The highest BCUT2D eigenvalue weighted by Gasteiger charge is 2.18. The molecule has 0 saturated carbocycles. The Morgan fingerprint density at radius 3 is 2.58 bits per heavy atom. The number of hydrogen-bond donors (Lipinski definition) is 0. The summed E-state index contributed by atoms with van der Waals surface area (Å²) in [5.74, 6) is 1.15. The monoisotopic (exact) mass is 260 g/mol. The fourth-order valence-electron chi connectivity index (χ4n) is 1.86. The van der Waals surface area contributed by atoms with Crippen LogP contribution in [0.1, 0.15) is 23.3 Å². The average molecular weight is 260 g/mol. The maximum absolute atomic E-state index is 12.4. The number of aromatic nitrogens is 2. The number of carbonyl (C=O) groups is 1. The predicted octanol–water partition coefficient (Wildman–Crippen LogP) is 2.34.